The van der Waals surface area contributed by atoms with E-state index in [0.717, 1.165) is 6.61 Å². The standard InChI is InChI=1S/C18H32O2/c1-8-11-19-15-14(20-12-16(2,3)4)13-9-10-18(15,7)17(13,5)6/h8,11,13-15H,9-10,12H2,1-7H3/b11-8-/t13-,14?,15?,18+/m1/s1. The molecule has 2 aliphatic carbocycles. The van der Waals surface area contributed by atoms with Crippen molar-refractivity contribution in [3.63, 3.8) is 0 Å². The molecule has 2 nitrogen and oxygen atoms in total. The van der Waals surface area contributed by atoms with E-state index >= 15 is 0 Å². The van der Waals surface area contributed by atoms with E-state index in [-0.39, 0.29) is 23.0 Å². The first-order valence-corrected chi connectivity index (χ1v) is 8.02. The Morgan fingerprint density at radius 1 is 1.20 bits per heavy atom. The topological polar surface area (TPSA) is 18.5 Å². The van der Waals surface area contributed by atoms with E-state index in [1.165, 1.54) is 12.8 Å². The van der Waals surface area contributed by atoms with Crippen LogP contribution in [-0.4, -0.2) is 18.8 Å². The van der Waals surface area contributed by atoms with Crippen molar-refractivity contribution in [2.24, 2.45) is 22.2 Å². The van der Waals surface area contributed by atoms with Gasteiger partial charge in [0.1, 0.15) is 6.10 Å². The minimum Gasteiger partial charge on any atom is -0.495 e. The van der Waals surface area contributed by atoms with Crippen LogP contribution in [0.5, 0.6) is 0 Å². The molecular weight excluding hydrogens is 248 g/mol. The summed E-state index contributed by atoms with van der Waals surface area (Å²) >= 11 is 0. The minimum absolute atomic E-state index is 0.190. The van der Waals surface area contributed by atoms with Crippen LogP contribution in [0.25, 0.3) is 0 Å². The molecule has 2 unspecified atom stereocenters. The van der Waals surface area contributed by atoms with Crippen LogP contribution in [0, 0.1) is 22.2 Å². The Labute approximate surface area is 124 Å². The zero-order valence-corrected chi connectivity index (χ0v) is 14.3. The second kappa shape index (κ2) is 5.05. The van der Waals surface area contributed by atoms with Gasteiger partial charge in [0.2, 0.25) is 0 Å². The van der Waals surface area contributed by atoms with Crippen molar-refractivity contribution in [2.45, 2.75) is 73.5 Å². The predicted molar refractivity (Wildman–Crippen MR) is 83.5 cm³/mol. The van der Waals surface area contributed by atoms with E-state index in [1.807, 2.05) is 19.3 Å². The molecule has 116 valence electrons. The van der Waals surface area contributed by atoms with Crippen LogP contribution < -0.4 is 0 Å². The van der Waals surface area contributed by atoms with Crippen LogP contribution in [-0.2, 0) is 9.47 Å². The van der Waals surface area contributed by atoms with Gasteiger partial charge in [-0.05, 0) is 36.5 Å². The van der Waals surface area contributed by atoms with Gasteiger partial charge in [-0.1, -0.05) is 47.6 Å². The van der Waals surface area contributed by atoms with Gasteiger partial charge < -0.3 is 9.47 Å². The summed E-state index contributed by atoms with van der Waals surface area (Å²) < 4.78 is 12.4. The third-order valence-corrected chi connectivity index (χ3v) is 5.77. The lowest BCUT2D eigenvalue weighted by Gasteiger charge is -2.39. The zero-order chi connectivity index (χ0) is 15.2. The largest absolute Gasteiger partial charge is 0.495 e. The Balaban J connectivity index is 2.20. The highest BCUT2D eigenvalue weighted by Gasteiger charge is 2.67. The summed E-state index contributed by atoms with van der Waals surface area (Å²) in [4.78, 5) is 0. The lowest BCUT2D eigenvalue weighted by molar-refractivity contribution is -0.105. The molecule has 2 rings (SSSR count). The number of allylic oxidation sites excluding steroid dienone is 1. The van der Waals surface area contributed by atoms with E-state index in [0.29, 0.717) is 11.3 Å². The van der Waals surface area contributed by atoms with Crippen molar-refractivity contribution < 1.29 is 9.47 Å². The van der Waals surface area contributed by atoms with Crippen molar-refractivity contribution in [1.82, 2.24) is 0 Å². The fourth-order valence-electron chi connectivity index (χ4n) is 4.16. The summed E-state index contributed by atoms with van der Waals surface area (Å²) in [6.07, 6.45) is 6.77. The second-order valence-corrected chi connectivity index (χ2v) is 8.65. The Bertz CT molecular complexity index is 377. The lowest BCUT2D eigenvalue weighted by Crippen LogP contribution is -2.42. The summed E-state index contributed by atoms with van der Waals surface area (Å²) in [7, 11) is 0. The van der Waals surface area contributed by atoms with Crippen molar-refractivity contribution >= 4 is 0 Å². The van der Waals surface area contributed by atoms with E-state index < -0.39 is 0 Å². The van der Waals surface area contributed by atoms with E-state index in [1.54, 1.807) is 0 Å². The van der Waals surface area contributed by atoms with Gasteiger partial charge >= 0.3 is 0 Å². The van der Waals surface area contributed by atoms with Gasteiger partial charge in [0.05, 0.1) is 19.0 Å². The molecule has 0 aromatic carbocycles. The van der Waals surface area contributed by atoms with Gasteiger partial charge in [-0.25, -0.2) is 0 Å². The summed E-state index contributed by atoms with van der Waals surface area (Å²) in [6, 6.07) is 0. The molecule has 4 atom stereocenters. The first-order valence-electron chi connectivity index (χ1n) is 8.02. The van der Waals surface area contributed by atoms with E-state index in [9.17, 15) is 0 Å². The maximum Gasteiger partial charge on any atom is 0.130 e. The molecule has 0 saturated heterocycles. The van der Waals surface area contributed by atoms with Gasteiger partial charge in [-0.2, -0.15) is 0 Å². The minimum atomic E-state index is 0.190. The van der Waals surface area contributed by atoms with E-state index in [2.05, 4.69) is 41.5 Å². The lowest BCUT2D eigenvalue weighted by atomic mass is 9.70. The molecule has 2 heteroatoms. The van der Waals surface area contributed by atoms with Crippen LogP contribution in [0.15, 0.2) is 12.3 Å². The van der Waals surface area contributed by atoms with Crippen molar-refractivity contribution in [1.29, 1.82) is 0 Å². The van der Waals surface area contributed by atoms with Crippen LogP contribution in [0.2, 0.25) is 0 Å². The molecule has 2 fully saturated rings. The average Bonchev–Trinajstić information content (AvgIpc) is 2.63. The molecule has 0 aromatic rings. The molecule has 20 heavy (non-hydrogen) atoms. The number of hydrogen-bond donors (Lipinski definition) is 0. The van der Waals surface area contributed by atoms with Crippen LogP contribution in [0.3, 0.4) is 0 Å². The van der Waals surface area contributed by atoms with Crippen LogP contribution in [0.4, 0.5) is 0 Å². The molecule has 2 saturated carbocycles. The highest BCUT2D eigenvalue weighted by molar-refractivity contribution is 5.16. The van der Waals surface area contributed by atoms with Gasteiger partial charge in [0.15, 0.2) is 0 Å². The average molecular weight is 280 g/mol. The summed E-state index contributed by atoms with van der Waals surface area (Å²) in [5.74, 6) is 0.616. The van der Waals surface area contributed by atoms with Crippen LogP contribution in [0.1, 0.15) is 61.3 Å². The monoisotopic (exact) mass is 280 g/mol. The highest BCUT2D eigenvalue weighted by Crippen LogP contribution is 2.67. The highest BCUT2D eigenvalue weighted by atomic mass is 16.5. The predicted octanol–water partition coefficient (Wildman–Crippen LogP) is 4.79. The molecular formula is C18H32O2. The fraction of sp³-hybridized carbons (Fsp3) is 0.889. The van der Waals surface area contributed by atoms with Crippen molar-refractivity contribution in [2.75, 3.05) is 6.61 Å². The normalized spacial score (nSPS) is 39.6. The maximum atomic E-state index is 6.35. The molecule has 2 aliphatic rings. The molecule has 0 N–H and O–H groups in total. The third-order valence-electron chi connectivity index (χ3n) is 5.77. The first-order chi connectivity index (χ1) is 9.13. The molecule has 0 aromatic heterocycles. The number of hydrogen-bond acceptors (Lipinski definition) is 2. The Hall–Kier alpha value is -0.500. The second-order valence-electron chi connectivity index (χ2n) is 8.65. The van der Waals surface area contributed by atoms with Crippen molar-refractivity contribution in [3.8, 4) is 0 Å². The molecule has 0 radical (unpaired) electrons. The third kappa shape index (κ3) is 2.41. The van der Waals surface area contributed by atoms with Gasteiger partial charge in [-0.15, -0.1) is 0 Å². The fourth-order valence-corrected chi connectivity index (χ4v) is 4.16. The van der Waals surface area contributed by atoms with Gasteiger partial charge in [0, 0.05) is 5.41 Å². The number of fused-ring (bicyclic) bond motifs is 2. The SMILES string of the molecule is C/C=C\OC1C(OCC(C)(C)C)[C@H]2CC[C@]1(C)C2(C)C. The van der Waals surface area contributed by atoms with Crippen molar-refractivity contribution in [3.05, 3.63) is 12.3 Å². The Morgan fingerprint density at radius 2 is 1.85 bits per heavy atom. The molecule has 0 heterocycles. The van der Waals surface area contributed by atoms with Gasteiger partial charge in [-0.3, -0.25) is 0 Å². The molecule has 2 bridgehead atoms. The number of ether oxygens (including phenoxy) is 2. The van der Waals surface area contributed by atoms with E-state index in [4.69, 9.17) is 9.47 Å². The first kappa shape index (κ1) is 15.9. The maximum absolute atomic E-state index is 6.35. The van der Waals surface area contributed by atoms with Gasteiger partial charge in [0.25, 0.3) is 0 Å². The Morgan fingerprint density at radius 3 is 2.40 bits per heavy atom. The summed E-state index contributed by atoms with van der Waals surface area (Å²) in [5.41, 5.74) is 0.722. The molecule has 0 amide bonds. The zero-order valence-electron chi connectivity index (χ0n) is 14.3. The number of rotatable bonds is 4. The molecule has 0 spiro atoms. The Kier molecular flexibility index (Phi) is 4.01. The smallest absolute Gasteiger partial charge is 0.130 e. The summed E-state index contributed by atoms with van der Waals surface area (Å²) in [5, 5.41) is 0. The quantitative estimate of drug-likeness (QED) is 0.689. The molecule has 0 aliphatic heterocycles. The van der Waals surface area contributed by atoms with Crippen LogP contribution >= 0.6 is 0 Å². The summed E-state index contributed by atoms with van der Waals surface area (Å²) in [6.45, 7) is 16.7.